The highest BCUT2D eigenvalue weighted by molar-refractivity contribution is 6.30. The van der Waals surface area contributed by atoms with Gasteiger partial charge in [-0.1, -0.05) is 11.6 Å². The summed E-state index contributed by atoms with van der Waals surface area (Å²) < 4.78 is 2.22. The molecule has 0 unspecified atom stereocenters. The predicted molar refractivity (Wildman–Crippen MR) is 118 cm³/mol. The van der Waals surface area contributed by atoms with Gasteiger partial charge < -0.3 is 9.47 Å². The van der Waals surface area contributed by atoms with Crippen LogP contribution in [-0.2, 0) is 0 Å². The molecule has 0 fully saturated rings. The minimum atomic E-state index is 0.746. The number of anilines is 1. The van der Waals surface area contributed by atoms with Crippen LogP contribution in [0.1, 0.15) is 30.8 Å². The monoisotopic (exact) mass is 379 g/mol. The summed E-state index contributed by atoms with van der Waals surface area (Å²) in [6.45, 7) is 10.6. The fourth-order valence-corrected chi connectivity index (χ4v) is 3.51. The van der Waals surface area contributed by atoms with E-state index in [1.807, 2.05) is 30.5 Å². The fraction of sp³-hybridized carbons (Fsp3) is 0.261. The molecule has 140 valence electrons. The van der Waals surface area contributed by atoms with Crippen LogP contribution in [0, 0.1) is 13.8 Å². The number of hydrogen-bond donors (Lipinski definition) is 0. The van der Waals surface area contributed by atoms with Crippen molar-refractivity contribution in [2.75, 3.05) is 18.0 Å². The molecular weight excluding hydrogens is 354 g/mol. The summed E-state index contributed by atoms with van der Waals surface area (Å²) in [5, 5.41) is 0.746. The molecule has 3 rings (SSSR count). The minimum Gasteiger partial charge on any atom is -0.372 e. The molecule has 0 bridgehead atoms. The first-order valence-electron chi connectivity index (χ1n) is 9.37. The van der Waals surface area contributed by atoms with Gasteiger partial charge in [0.25, 0.3) is 0 Å². The van der Waals surface area contributed by atoms with E-state index in [-0.39, 0.29) is 0 Å². The Morgan fingerprint density at radius 1 is 0.963 bits per heavy atom. The molecule has 0 spiro atoms. The zero-order chi connectivity index (χ0) is 19.4. The van der Waals surface area contributed by atoms with Crippen molar-refractivity contribution in [2.45, 2.75) is 27.7 Å². The summed E-state index contributed by atoms with van der Waals surface area (Å²) in [7, 11) is 0. The van der Waals surface area contributed by atoms with Crippen molar-refractivity contribution >= 4 is 29.2 Å². The third-order valence-electron chi connectivity index (χ3n) is 4.89. The van der Waals surface area contributed by atoms with Crippen LogP contribution < -0.4 is 4.90 Å². The normalized spacial score (nSPS) is 11.3. The highest BCUT2D eigenvalue weighted by Crippen LogP contribution is 2.23. The lowest BCUT2D eigenvalue weighted by Crippen LogP contribution is -2.21. The number of aliphatic imine (C=N–C) groups is 1. The molecule has 0 radical (unpaired) electrons. The summed E-state index contributed by atoms with van der Waals surface area (Å²) in [6, 6.07) is 18.5. The average Bonchev–Trinajstić information content (AvgIpc) is 2.96. The van der Waals surface area contributed by atoms with Crippen molar-refractivity contribution in [3.05, 3.63) is 76.6 Å². The van der Waals surface area contributed by atoms with Gasteiger partial charge in [0.15, 0.2) is 0 Å². The Labute approximate surface area is 166 Å². The zero-order valence-corrected chi connectivity index (χ0v) is 17.2. The first-order chi connectivity index (χ1) is 13.0. The van der Waals surface area contributed by atoms with Crippen LogP contribution in [0.25, 0.3) is 5.69 Å². The van der Waals surface area contributed by atoms with Crippen LogP contribution in [0.2, 0.25) is 5.02 Å². The number of halogens is 1. The van der Waals surface area contributed by atoms with Gasteiger partial charge in [0.05, 0.1) is 5.69 Å². The third kappa shape index (κ3) is 4.25. The molecule has 3 aromatic rings. The number of benzene rings is 2. The van der Waals surface area contributed by atoms with E-state index in [1.165, 1.54) is 17.1 Å². The van der Waals surface area contributed by atoms with Crippen molar-refractivity contribution < 1.29 is 0 Å². The Morgan fingerprint density at radius 2 is 1.59 bits per heavy atom. The predicted octanol–water partition coefficient (Wildman–Crippen LogP) is 6.34. The van der Waals surface area contributed by atoms with Gasteiger partial charge >= 0.3 is 0 Å². The van der Waals surface area contributed by atoms with Crippen LogP contribution in [0.3, 0.4) is 0 Å². The van der Waals surface area contributed by atoms with Crippen molar-refractivity contribution in [1.82, 2.24) is 4.57 Å². The first-order valence-corrected chi connectivity index (χ1v) is 9.75. The molecule has 0 saturated heterocycles. The minimum absolute atomic E-state index is 0.746. The fourth-order valence-electron chi connectivity index (χ4n) is 3.39. The molecule has 27 heavy (non-hydrogen) atoms. The van der Waals surface area contributed by atoms with Gasteiger partial charge in [-0.2, -0.15) is 0 Å². The molecule has 1 aromatic heterocycles. The quantitative estimate of drug-likeness (QED) is 0.457. The Hall–Kier alpha value is -2.52. The van der Waals surface area contributed by atoms with Gasteiger partial charge in [-0.25, -0.2) is 0 Å². The number of rotatable bonds is 6. The molecule has 0 aliphatic heterocycles. The van der Waals surface area contributed by atoms with E-state index in [1.54, 1.807) is 0 Å². The molecule has 1 heterocycles. The molecule has 0 N–H and O–H groups in total. The number of aryl methyl sites for hydroxylation is 1. The largest absolute Gasteiger partial charge is 0.372 e. The maximum atomic E-state index is 6.02. The standard InChI is InChI=1S/C23H26ClN3/c1-5-26(6-2)22-13-9-21(10-14-22)25-16-19-15-17(3)27(18(19)4)23-11-7-20(24)8-12-23/h7-16H,5-6H2,1-4H3. The Bertz CT molecular complexity index is 918. The van der Waals surface area contributed by atoms with Gasteiger partial charge in [-0.15, -0.1) is 0 Å². The van der Waals surface area contributed by atoms with E-state index >= 15 is 0 Å². The van der Waals surface area contributed by atoms with Crippen LogP contribution >= 0.6 is 11.6 Å². The number of hydrogen-bond acceptors (Lipinski definition) is 2. The van der Waals surface area contributed by atoms with Gasteiger partial charge in [0, 0.05) is 52.7 Å². The molecule has 0 saturated carbocycles. The van der Waals surface area contributed by atoms with Gasteiger partial charge in [-0.05, 0) is 82.3 Å². The third-order valence-corrected chi connectivity index (χ3v) is 5.14. The first kappa shape index (κ1) is 19.2. The maximum absolute atomic E-state index is 6.02. The van der Waals surface area contributed by atoms with Crippen molar-refractivity contribution in [2.24, 2.45) is 4.99 Å². The summed E-state index contributed by atoms with van der Waals surface area (Å²) >= 11 is 6.02. The highest BCUT2D eigenvalue weighted by Gasteiger charge is 2.09. The van der Waals surface area contributed by atoms with E-state index in [2.05, 4.69) is 72.5 Å². The summed E-state index contributed by atoms with van der Waals surface area (Å²) in [5.41, 5.74) is 6.77. The number of aromatic nitrogens is 1. The van der Waals surface area contributed by atoms with Crippen molar-refractivity contribution in [3.8, 4) is 5.69 Å². The lowest BCUT2D eigenvalue weighted by atomic mass is 10.2. The van der Waals surface area contributed by atoms with Crippen LogP contribution in [0.15, 0.2) is 59.6 Å². The second kappa shape index (κ2) is 8.45. The molecule has 0 amide bonds. The van der Waals surface area contributed by atoms with E-state index in [4.69, 9.17) is 11.6 Å². The zero-order valence-electron chi connectivity index (χ0n) is 16.4. The lowest BCUT2D eigenvalue weighted by Gasteiger charge is -2.20. The Balaban J connectivity index is 1.84. The van der Waals surface area contributed by atoms with Crippen molar-refractivity contribution in [3.63, 3.8) is 0 Å². The number of nitrogens with zero attached hydrogens (tertiary/aromatic N) is 3. The average molecular weight is 380 g/mol. The molecule has 4 heteroatoms. The van der Waals surface area contributed by atoms with E-state index < -0.39 is 0 Å². The van der Waals surface area contributed by atoms with Gasteiger partial charge in [-0.3, -0.25) is 4.99 Å². The van der Waals surface area contributed by atoms with E-state index in [0.29, 0.717) is 0 Å². The molecule has 2 aromatic carbocycles. The maximum Gasteiger partial charge on any atom is 0.0631 e. The van der Waals surface area contributed by atoms with Crippen molar-refractivity contribution in [1.29, 1.82) is 0 Å². The topological polar surface area (TPSA) is 20.5 Å². The summed E-state index contributed by atoms with van der Waals surface area (Å²) in [4.78, 5) is 7.00. The van der Waals surface area contributed by atoms with Crippen LogP contribution in [0.4, 0.5) is 11.4 Å². The summed E-state index contributed by atoms with van der Waals surface area (Å²) in [6.07, 6.45) is 1.95. The summed E-state index contributed by atoms with van der Waals surface area (Å²) in [5.74, 6) is 0. The second-order valence-electron chi connectivity index (χ2n) is 6.59. The van der Waals surface area contributed by atoms with Crippen LogP contribution in [0.5, 0.6) is 0 Å². The molecule has 0 atom stereocenters. The second-order valence-corrected chi connectivity index (χ2v) is 7.02. The van der Waals surface area contributed by atoms with Crippen LogP contribution in [-0.4, -0.2) is 23.9 Å². The molecular formula is C23H26ClN3. The lowest BCUT2D eigenvalue weighted by molar-refractivity contribution is 0.866. The van der Waals surface area contributed by atoms with Gasteiger partial charge in [0.2, 0.25) is 0 Å². The SMILES string of the molecule is CCN(CC)c1ccc(N=Cc2cc(C)n(-c3ccc(Cl)cc3)c2C)cc1. The molecule has 0 aliphatic rings. The smallest absolute Gasteiger partial charge is 0.0631 e. The highest BCUT2D eigenvalue weighted by atomic mass is 35.5. The van der Waals surface area contributed by atoms with E-state index in [0.717, 1.165) is 35.1 Å². The molecule has 3 nitrogen and oxygen atoms in total. The Kier molecular flexibility index (Phi) is 6.02. The van der Waals surface area contributed by atoms with Gasteiger partial charge in [0.1, 0.15) is 0 Å². The van der Waals surface area contributed by atoms with E-state index in [9.17, 15) is 0 Å². The molecule has 0 aliphatic carbocycles. The Morgan fingerprint density at radius 3 is 2.19 bits per heavy atom.